The normalized spacial score (nSPS) is 11.5. The molecule has 1 N–H and O–H groups in total. The van der Waals surface area contributed by atoms with Crippen LogP contribution in [0.2, 0.25) is 0 Å². The van der Waals surface area contributed by atoms with Crippen LogP contribution in [0.25, 0.3) is 0 Å². The van der Waals surface area contributed by atoms with E-state index in [1.54, 1.807) is 0 Å². The van der Waals surface area contributed by atoms with Crippen LogP contribution in [-0.4, -0.2) is 4.89 Å². The molecule has 0 aliphatic rings. The highest BCUT2D eigenvalue weighted by molar-refractivity contribution is 7.32. The Hall–Kier alpha value is -0.630. The maximum absolute atomic E-state index is 10.2. The smallest absolute Gasteiger partial charge is 0.316 e. The van der Waals surface area contributed by atoms with Gasteiger partial charge in [0.05, 0.1) is 6.61 Å². The Morgan fingerprint density at radius 3 is 2.25 bits per heavy atom. The molecule has 0 heterocycles. The molecular weight excluding hydrogens is 223 g/mol. The van der Waals surface area contributed by atoms with Crippen molar-refractivity contribution in [3.63, 3.8) is 0 Å². The van der Waals surface area contributed by atoms with Gasteiger partial charge in [-0.2, -0.15) is 0 Å². The predicted octanol–water partition coefficient (Wildman–Crippen LogP) is 3.70. The highest BCUT2D eigenvalue weighted by Gasteiger charge is 1.98. The molecule has 0 bridgehead atoms. The fourth-order valence-electron chi connectivity index (χ4n) is 0.912. The summed E-state index contributed by atoms with van der Waals surface area (Å²) >= 11 is 0. The molecule has 0 spiro atoms. The van der Waals surface area contributed by atoms with E-state index in [0.717, 1.165) is 11.1 Å². The van der Waals surface area contributed by atoms with Gasteiger partial charge in [-0.3, -0.25) is 4.57 Å². The van der Waals surface area contributed by atoms with E-state index in [1.807, 2.05) is 31.2 Å². The van der Waals surface area contributed by atoms with Crippen molar-refractivity contribution in [3.05, 3.63) is 35.4 Å². The van der Waals surface area contributed by atoms with Crippen molar-refractivity contribution in [3.8, 4) is 0 Å². The molecule has 0 amide bonds. The Morgan fingerprint density at radius 2 is 1.81 bits per heavy atom. The second-order valence-corrected chi connectivity index (χ2v) is 4.30. The molecule has 1 rings (SSSR count). The summed E-state index contributed by atoms with van der Waals surface area (Å²) in [7, 11) is -2.80. The van der Waals surface area contributed by atoms with Gasteiger partial charge in [0, 0.05) is 0 Å². The third kappa shape index (κ3) is 7.63. The van der Waals surface area contributed by atoms with Gasteiger partial charge in [0.1, 0.15) is 0 Å². The Bertz CT molecular complexity index is 311. The summed E-state index contributed by atoms with van der Waals surface area (Å²) in [6, 6.07) is 7.61. The van der Waals surface area contributed by atoms with E-state index >= 15 is 0 Å². The summed E-state index contributed by atoms with van der Waals surface area (Å²) in [6.45, 7) is 6.51. The fourth-order valence-corrected chi connectivity index (χ4v) is 1.19. The van der Waals surface area contributed by atoms with Crippen LogP contribution in [0.1, 0.15) is 37.8 Å². The van der Waals surface area contributed by atoms with Crippen molar-refractivity contribution < 1.29 is 14.0 Å². The molecule has 0 fully saturated rings. The predicted molar refractivity (Wildman–Crippen MR) is 67.8 cm³/mol. The third-order valence-electron chi connectivity index (χ3n) is 2.11. The Kier molecular flexibility index (Phi) is 9.21. The Balaban J connectivity index is 0.000000487. The van der Waals surface area contributed by atoms with E-state index < -0.39 is 8.25 Å². The lowest BCUT2D eigenvalue weighted by Crippen LogP contribution is -1.88. The molecule has 1 atom stereocenters. The number of benzene rings is 1. The zero-order chi connectivity index (χ0) is 12.4. The lowest BCUT2D eigenvalue weighted by molar-refractivity contribution is 0.272. The molecule has 0 radical (unpaired) electrons. The second kappa shape index (κ2) is 9.59. The van der Waals surface area contributed by atoms with Gasteiger partial charge in [-0.1, -0.05) is 51.0 Å². The Labute approximate surface area is 98.4 Å². The summed E-state index contributed by atoms with van der Waals surface area (Å²) in [4.78, 5) is 8.43. The van der Waals surface area contributed by atoms with Crippen molar-refractivity contribution in [1.29, 1.82) is 0 Å². The summed E-state index contributed by atoms with van der Waals surface area (Å²) in [5.74, 6) is 0. The van der Waals surface area contributed by atoms with Crippen LogP contribution in [0.5, 0.6) is 0 Å². The minimum absolute atomic E-state index is 0.209. The largest absolute Gasteiger partial charge is 0.326 e. The van der Waals surface area contributed by atoms with Gasteiger partial charge in [-0.15, -0.1) is 0 Å². The number of hydrogen-bond acceptors (Lipinski definition) is 2. The maximum Gasteiger partial charge on any atom is 0.316 e. The van der Waals surface area contributed by atoms with E-state index in [4.69, 9.17) is 4.89 Å². The molecule has 4 heteroatoms. The average Bonchev–Trinajstić information content (AvgIpc) is 2.28. The topological polar surface area (TPSA) is 46.5 Å². The van der Waals surface area contributed by atoms with Crippen molar-refractivity contribution in [2.24, 2.45) is 0 Å². The second-order valence-electron chi connectivity index (χ2n) is 3.48. The molecule has 0 aromatic heterocycles. The molecule has 0 aliphatic carbocycles. The van der Waals surface area contributed by atoms with Gasteiger partial charge in [-0.05, 0) is 18.1 Å². The molecule has 0 saturated heterocycles. The first kappa shape index (κ1) is 15.4. The van der Waals surface area contributed by atoms with Crippen molar-refractivity contribution >= 4 is 8.25 Å². The standard InChI is InChI=1S/C8H11O3P.C4H10/c1-7-4-2-3-5-8(7)6-11-12(9)10;1-3-4-2/h2-5,12H,6H2,1H3,(H,9,10);3-4H2,1-2H3. The monoisotopic (exact) mass is 244 g/mol. The maximum atomic E-state index is 10.2. The van der Waals surface area contributed by atoms with Crippen LogP contribution in [-0.2, 0) is 15.7 Å². The lowest BCUT2D eigenvalue weighted by atomic mass is 10.1. The molecule has 1 aromatic rings. The molecular formula is C12H21O3P. The van der Waals surface area contributed by atoms with Crippen molar-refractivity contribution in [2.75, 3.05) is 0 Å². The van der Waals surface area contributed by atoms with E-state index in [1.165, 1.54) is 12.8 Å². The summed E-state index contributed by atoms with van der Waals surface area (Å²) in [5, 5.41) is 0. The van der Waals surface area contributed by atoms with Crippen LogP contribution in [0.15, 0.2) is 24.3 Å². The van der Waals surface area contributed by atoms with E-state index in [2.05, 4.69) is 18.4 Å². The van der Waals surface area contributed by atoms with Crippen LogP contribution in [0.3, 0.4) is 0 Å². The number of aryl methyl sites for hydroxylation is 1. The zero-order valence-corrected chi connectivity index (χ0v) is 11.2. The molecule has 1 aromatic carbocycles. The minimum Gasteiger partial charge on any atom is -0.326 e. The molecule has 0 saturated carbocycles. The lowest BCUT2D eigenvalue weighted by Gasteiger charge is -2.03. The van der Waals surface area contributed by atoms with Crippen LogP contribution >= 0.6 is 8.25 Å². The van der Waals surface area contributed by atoms with Gasteiger partial charge in [-0.25, -0.2) is 0 Å². The van der Waals surface area contributed by atoms with Gasteiger partial charge in [0.2, 0.25) is 0 Å². The van der Waals surface area contributed by atoms with Crippen LogP contribution in [0, 0.1) is 6.92 Å². The van der Waals surface area contributed by atoms with E-state index in [-0.39, 0.29) is 6.61 Å². The molecule has 3 nitrogen and oxygen atoms in total. The van der Waals surface area contributed by atoms with Gasteiger partial charge < -0.3 is 9.42 Å². The minimum atomic E-state index is -2.80. The summed E-state index contributed by atoms with van der Waals surface area (Å²) in [6.07, 6.45) is 2.64. The first-order valence-corrected chi connectivity index (χ1v) is 6.78. The molecule has 1 unspecified atom stereocenters. The highest BCUT2D eigenvalue weighted by atomic mass is 31.1. The summed E-state index contributed by atoms with van der Waals surface area (Å²) in [5.41, 5.74) is 2.02. The highest BCUT2D eigenvalue weighted by Crippen LogP contribution is 2.19. The van der Waals surface area contributed by atoms with Gasteiger partial charge in [0.15, 0.2) is 0 Å². The third-order valence-corrected chi connectivity index (χ3v) is 2.50. The number of rotatable bonds is 4. The quantitative estimate of drug-likeness (QED) is 0.821. The molecule has 16 heavy (non-hydrogen) atoms. The van der Waals surface area contributed by atoms with Crippen molar-refractivity contribution in [2.45, 2.75) is 40.2 Å². The number of hydrogen-bond donors (Lipinski definition) is 1. The average molecular weight is 244 g/mol. The SMILES string of the molecule is CCCC.Cc1ccccc1CO[PH](=O)O. The zero-order valence-electron chi connectivity index (χ0n) is 10.2. The Morgan fingerprint density at radius 1 is 1.25 bits per heavy atom. The first-order chi connectivity index (χ1) is 7.61. The first-order valence-electron chi connectivity index (χ1n) is 5.52. The van der Waals surface area contributed by atoms with Crippen LogP contribution in [0.4, 0.5) is 0 Å². The van der Waals surface area contributed by atoms with Gasteiger partial charge >= 0.3 is 8.25 Å². The molecule has 92 valence electrons. The van der Waals surface area contributed by atoms with Crippen molar-refractivity contribution in [1.82, 2.24) is 0 Å². The van der Waals surface area contributed by atoms with E-state index in [0.29, 0.717) is 0 Å². The summed E-state index contributed by atoms with van der Waals surface area (Å²) < 4.78 is 14.9. The van der Waals surface area contributed by atoms with E-state index in [9.17, 15) is 4.57 Å². The van der Waals surface area contributed by atoms with Gasteiger partial charge in [0.25, 0.3) is 0 Å². The molecule has 0 aliphatic heterocycles. The number of unbranched alkanes of at least 4 members (excludes halogenated alkanes) is 1. The van der Waals surface area contributed by atoms with Crippen LogP contribution < -0.4 is 0 Å². The fraction of sp³-hybridized carbons (Fsp3) is 0.500.